The summed E-state index contributed by atoms with van der Waals surface area (Å²) in [5.41, 5.74) is 3.30. The lowest BCUT2D eigenvalue weighted by atomic mass is 10.1. The van der Waals surface area contributed by atoms with Crippen LogP contribution in [0.4, 0.5) is 0 Å². The van der Waals surface area contributed by atoms with Crippen LogP contribution in [0.2, 0.25) is 0 Å². The summed E-state index contributed by atoms with van der Waals surface area (Å²) < 4.78 is 28.8. The second-order valence-electron chi connectivity index (χ2n) is 6.56. The van der Waals surface area contributed by atoms with Gasteiger partial charge in [0.25, 0.3) is 0 Å². The Morgan fingerprint density at radius 2 is 1.96 bits per heavy atom. The molecule has 0 saturated heterocycles. The van der Waals surface area contributed by atoms with Crippen LogP contribution in [0.25, 0.3) is 11.0 Å². The third kappa shape index (κ3) is 3.91. The van der Waals surface area contributed by atoms with Gasteiger partial charge >= 0.3 is 5.69 Å². The van der Waals surface area contributed by atoms with Crippen molar-refractivity contribution < 1.29 is 8.42 Å². The molecule has 3 N–H and O–H groups in total. The molecule has 0 aliphatic carbocycles. The van der Waals surface area contributed by atoms with Gasteiger partial charge in [0.15, 0.2) is 0 Å². The summed E-state index contributed by atoms with van der Waals surface area (Å²) in [6.45, 7) is 1.93. The summed E-state index contributed by atoms with van der Waals surface area (Å²) in [5.74, 6) is 0. The Balaban J connectivity index is 1.68. The summed E-state index contributed by atoms with van der Waals surface area (Å²) in [6.07, 6.45) is 2.21. The molecule has 9 heteroatoms. The molecule has 28 heavy (non-hydrogen) atoms. The van der Waals surface area contributed by atoms with E-state index in [0.717, 1.165) is 11.1 Å². The third-order valence-electron chi connectivity index (χ3n) is 4.41. The number of aromatic amines is 2. The minimum absolute atomic E-state index is 0.0812. The highest BCUT2D eigenvalue weighted by molar-refractivity contribution is 7.89. The molecule has 0 spiro atoms. The van der Waals surface area contributed by atoms with Crippen LogP contribution in [-0.2, 0) is 16.4 Å². The molecule has 0 fully saturated rings. The van der Waals surface area contributed by atoms with Crippen molar-refractivity contribution >= 4 is 32.4 Å². The number of H-pyrrole nitrogens is 2. The monoisotopic (exact) mass is 414 g/mol. The van der Waals surface area contributed by atoms with Crippen LogP contribution in [0, 0.1) is 6.92 Å². The Hall–Kier alpha value is -2.75. The van der Waals surface area contributed by atoms with Crippen LogP contribution in [0.3, 0.4) is 0 Å². The Labute approximate surface area is 165 Å². The van der Waals surface area contributed by atoms with E-state index in [1.165, 1.54) is 12.1 Å². The van der Waals surface area contributed by atoms with E-state index in [0.29, 0.717) is 23.1 Å². The number of nitrogens with zero attached hydrogens (tertiary/aromatic N) is 1. The Morgan fingerprint density at radius 1 is 1.14 bits per heavy atom. The smallest absolute Gasteiger partial charge is 0.306 e. The van der Waals surface area contributed by atoms with E-state index in [-0.39, 0.29) is 10.6 Å². The van der Waals surface area contributed by atoms with Gasteiger partial charge in [-0.3, -0.25) is 4.98 Å². The van der Waals surface area contributed by atoms with Crippen molar-refractivity contribution in [2.75, 3.05) is 0 Å². The molecule has 1 aromatic carbocycles. The van der Waals surface area contributed by atoms with Crippen molar-refractivity contribution in [1.29, 1.82) is 0 Å². The van der Waals surface area contributed by atoms with Crippen molar-refractivity contribution in [3.05, 3.63) is 80.7 Å². The predicted molar refractivity (Wildman–Crippen MR) is 109 cm³/mol. The van der Waals surface area contributed by atoms with E-state index < -0.39 is 16.1 Å². The highest BCUT2D eigenvalue weighted by atomic mass is 32.2. The second kappa shape index (κ2) is 7.34. The maximum absolute atomic E-state index is 13.0. The van der Waals surface area contributed by atoms with E-state index >= 15 is 0 Å². The molecule has 1 atom stereocenters. The predicted octanol–water partition coefficient (Wildman–Crippen LogP) is 2.88. The number of aromatic nitrogens is 3. The summed E-state index contributed by atoms with van der Waals surface area (Å²) in [4.78, 5) is 21.1. The van der Waals surface area contributed by atoms with Gasteiger partial charge in [-0.1, -0.05) is 6.07 Å². The molecule has 3 heterocycles. The number of hydrogen-bond donors (Lipinski definition) is 3. The Bertz CT molecular complexity index is 1260. The van der Waals surface area contributed by atoms with Crippen molar-refractivity contribution in [3.8, 4) is 0 Å². The fourth-order valence-corrected chi connectivity index (χ4v) is 4.89. The minimum atomic E-state index is -3.83. The molecule has 144 valence electrons. The van der Waals surface area contributed by atoms with Gasteiger partial charge in [-0.05, 0) is 65.6 Å². The highest BCUT2D eigenvalue weighted by Gasteiger charge is 2.23. The largest absolute Gasteiger partial charge is 0.323 e. The number of sulfonamides is 1. The average Bonchev–Trinajstić information content (AvgIpc) is 3.29. The fraction of sp³-hybridized carbons (Fsp3) is 0.158. The quantitative estimate of drug-likeness (QED) is 0.451. The number of fused-ring (bicyclic) bond motifs is 1. The van der Waals surface area contributed by atoms with Crippen LogP contribution in [-0.4, -0.2) is 23.4 Å². The van der Waals surface area contributed by atoms with Gasteiger partial charge in [0.05, 0.1) is 27.7 Å². The molecular weight excluding hydrogens is 396 g/mol. The van der Waals surface area contributed by atoms with E-state index in [2.05, 4.69) is 19.7 Å². The van der Waals surface area contributed by atoms with Crippen molar-refractivity contribution in [3.63, 3.8) is 0 Å². The van der Waals surface area contributed by atoms with E-state index in [1.807, 2.05) is 35.9 Å². The van der Waals surface area contributed by atoms with Crippen molar-refractivity contribution in [1.82, 2.24) is 19.7 Å². The molecule has 0 radical (unpaired) electrons. The first-order valence-electron chi connectivity index (χ1n) is 8.59. The minimum Gasteiger partial charge on any atom is -0.306 e. The molecule has 4 aromatic rings. The van der Waals surface area contributed by atoms with Crippen LogP contribution >= 0.6 is 11.3 Å². The molecule has 0 saturated carbocycles. The van der Waals surface area contributed by atoms with Crippen molar-refractivity contribution in [2.45, 2.75) is 24.3 Å². The van der Waals surface area contributed by atoms with Gasteiger partial charge in [0, 0.05) is 6.20 Å². The number of imidazole rings is 1. The van der Waals surface area contributed by atoms with Gasteiger partial charge in [-0.15, -0.1) is 0 Å². The fourth-order valence-electron chi connectivity index (χ4n) is 2.97. The lowest BCUT2D eigenvalue weighted by molar-refractivity contribution is 0.550. The second-order valence-corrected chi connectivity index (χ2v) is 9.05. The SMILES string of the molecule is Cc1ccc(C(Cc2ccsc2)NS(=O)(=O)c2ccc3[nH]c(=O)[nH]c3c2)nc1. The van der Waals surface area contributed by atoms with Crippen LogP contribution in [0.1, 0.15) is 22.9 Å². The number of nitrogens with one attached hydrogen (secondary N) is 3. The number of rotatable bonds is 6. The first kappa shape index (κ1) is 18.6. The summed E-state index contributed by atoms with van der Waals surface area (Å²) in [5, 5.41) is 3.95. The normalized spacial score (nSPS) is 13.0. The molecule has 3 aromatic heterocycles. The number of thiophene rings is 1. The third-order valence-corrected chi connectivity index (χ3v) is 6.61. The summed E-state index contributed by atoms with van der Waals surface area (Å²) in [7, 11) is -3.83. The zero-order valence-electron chi connectivity index (χ0n) is 15.0. The van der Waals surface area contributed by atoms with Crippen LogP contribution < -0.4 is 10.4 Å². The van der Waals surface area contributed by atoms with Crippen LogP contribution in [0.5, 0.6) is 0 Å². The molecular formula is C19H18N4O3S2. The molecule has 7 nitrogen and oxygen atoms in total. The molecule has 0 amide bonds. The van der Waals surface area contributed by atoms with E-state index in [9.17, 15) is 13.2 Å². The molecule has 0 bridgehead atoms. The van der Waals surface area contributed by atoms with E-state index in [4.69, 9.17) is 0 Å². The van der Waals surface area contributed by atoms with Gasteiger partial charge in [0.2, 0.25) is 10.0 Å². The lowest BCUT2D eigenvalue weighted by Crippen LogP contribution is -2.30. The summed E-state index contributed by atoms with van der Waals surface area (Å²) >= 11 is 1.56. The van der Waals surface area contributed by atoms with Gasteiger partial charge in [-0.25, -0.2) is 17.9 Å². The Kier molecular flexibility index (Phi) is 4.88. The number of pyridine rings is 1. The highest BCUT2D eigenvalue weighted by Crippen LogP contribution is 2.23. The number of hydrogen-bond acceptors (Lipinski definition) is 5. The number of benzene rings is 1. The zero-order valence-corrected chi connectivity index (χ0v) is 16.6. The molecule has 4 rings (SSSR count). The molecule has 1 unspecified atom stereocenters. The standard InChI is InChI=1S/C19H18N4O3S2/c1-12-2-4-15(20-10-12)18(8-13-6-7-27-11-13)23-28(25,26)14-3-5-16-17(9-14)22-19(24)21-16/h2-7,9-11,18,23H,8H2,1H3,(H2,21,22,24). The van der Waals surface area contributed by atoms with Gasteiger partial charge < -0.3 is 9.97 Å². The van der Waals surface area contributed by atoms with Crippen molar-refractivity contribution in [2.24, 2.45) is 0 Å². The molecule has 0 aliphatic rings. The zero-order chi connectivity index (χ0) is 19.7. The summed E-state index contributed by atoms with van der Waals surface area (Å²) in [6, 6.07) is 9.69. The first-order valence-corrected chi connectivity index (χ1v) is 11.0. The lowest BCUT2D eigenvalue weighted by Gasteiger charge is -2.18. The average molecular weight is 415 g/mol. The molecule has 0 aliphatic heterocycles. The first-order chi connectivity index (χ1) is 13.4. The van der Waals surface area contributed by atoms with E-state index in [1.54, 1.807) is 23.6 Å². The Morgan fingerprint density at radius 3 is 2.68 bits per heavy atom. The van der Waals surface area contributed by atoms with Gasteiger partial charge in [0.1, 0.15) is 0 Å². The topological polar surface area (TPSA) is 108 Å². The van der Waals surface area contributed by atoms with Gasteiger partial charge in [-0.2, -0.15) is 11.3 Å². The van der Waals surface area contributed by atoms with Crippen LogP contribution in [0.15, 0.2) is 63.0 Å². The number of aryl methyl sites for hydroxylation is 1. The maximum atomic E-state index is 13.0. The maximum Gasteiger partial charge on any atom is 0.323 e.